The molecular formula is C13H20N2O5. The van der Waals surface area contributed by atoms with Gasteiger partial charge >= 0.3 is 5.97 Å². The van der Waals surface area contributed by atoms with Crippen molar-refractivity contribution >= 4 is 17.8 Å². The summed E-state index contributed by atoms with van der Waals surface area (Å²) in [6.07, 6.45) is 0.343. The second-order valence-corrected chi connectivity index (χ2v) is 5.13. The van der Waals surface area contributed by atoms with E-state index in [1.54, 1.807) is 11.8 Å². The third-order valence-electron chi connectivity index (χ3n) is 3.63. The first-order valence-electron chi connectivity index (χ1n) is 6.95. The number of β-amino-alcohol motifs (C(OH)–C–C–N with tert-alkyl or cyclic N) is 1. The van der Waals surface area contributed by atoms with Gasteiger partial charge in [0.05, 0.1) is 25.7 Å². The van der Waals surface area contributed by atoms with Crippen LogP contribution in [0.5, 0.6) is 0 Å². The Balaban J connectivity index is 1.90. The summed E-state index contributed by atoms with van der Waals surface area (Å²) < 4.78 is 4.74. The van der Waals surface area contributed by atoms with Crippen molar-refractivity contribution < 1.29 is 24.2 Å². The fourth-order valence-corrected chi connectivity index (χ4v) is 2.75. The summed E-state index contributed by atoms with van der Waals surface area (Å²) in [4.78, 5) is 38.3. The highest BCUT2D eigenvalue weighted by Crippen LogP contribution is 2.23. The highest BCUT2D eigenvalue weighted by molar-refractivity contribution is 5.95. The van der Waals surface area contributed by atoms with Crippen LogP contribution in [-0.4, -0.2) is 71.1 Å². The van der Waals surface area contributed by atoms with Gasteiger partial charge in [-0.15, -0.1) is 0 Å². The fourth-order valence-electron chi connectivity index (χ4n) is 2.75. The van der Waals surface area contributed by atoms with Crippen LogP contribution in [0.4, 0.5) is 0 Å². The van der Waals surface area contributed by atoms with Crippen LogP contribution in [0.3, 0.4) is 0 Å². The first-order chi connectivity index (χ1) is 9.52. The first kappa shape index (κ1) is 14.8. The minimum atomic E-state index is -1.00. The van der Waals surface area contributed by atoms with E-state index in [2.05, 4.69) is 0 Å². The van der Waals surface area contributed by atoms with Crippen LogP contribution in [0.25, 0.3) is 0 Å². The van der Waals surface area contributed by atoms with Crippen LogP contribution >= 0.6 is 0 Å². The molecule has 1 N–H and O–H groups in total. The van der Waals surface area contributed by atoms with Crippen molar-refractivity contribution in [3.05, 3.63) is 0 Å². The van der Waals surface area contributed by atoms with Gasteiger partial charge < -0.3 is 19.6 Å². The van der Waals surface area contributed by atoms with Crippen molar-refractivity contribution in [2.45, 2.75) is 38.3 Å². The molecule has 2 rings (SSSR count). The van der Waals surface area contributed by atoms with Crippen molar-refractivity contribution in [2.75, 3.05) is 26.2 Å². The molecule has 20 heavy (non-hydrogen) atoms. The van der Waals surface area contributed by atoms with Crippen LogP contribution in [0, 0.1) is 0 Å². The molecule has 0 bridgehead atoms. The number of piperazine rings is 1. The molecule has 2 heterocycles. The second-order valence-electron chi connectivity index (χ2n) is 5.13. The fraction of sp³-hybridized carbons (Fsp3) is 0.769. The van der Waals surface area contributed by atoms with E-state index in [1.807, 2.05) is 0 Å². The Bertz CT molecular complexity index is 412. The Labute approximate surface area is 117 Å². The maximum atomic E-state index is 12.2. The lowest BCUT2D eigenvalue weighted by molar-refractivity contribution is -0.155. The Morgan fingerprint density at radius 2 is 2.25 bits per heavy atom. The van der Waals surface area contributed by atoms with E-state index in [1.165, 1.54) is 4.90 Å². The van der Waals surface area contributed by atoms with Crippen molar-refractivity contribution in [1.82, 2.24) is 9.80 Å². The number of aliphatic hydroxyl groups excluding tert-OH is 1. The van der Waals surface area contributed by atoms with E-state index in [9.17, 15) is 19.5 Å². The van der Waals surface area contributed by atoms with Crippen LogP contribution in [0.15, 0.2) is 0 Å². The number of carbonyl (C=O) groups excluding carboxylic acids is 3. The van der Waals surface area contributed by atoms with E-state index < -0.39 is 12.1 Å². The summed E-state index contributed by atoms with van der Waals surface area (Å²) in [6.45, 7) is 2.55. The van der Waals surface area contributed by atoms with Gasteiger partial charge in [-0.2, -0.15) is 0 Å². The molecule has 0 saturated carbocycles. The van der Waals surface area contributed by atoms with E-state index >= 15 is 0 Å². The summed E-state index contributed by atoms with van der Waals surface area (Å²) in [5, 5.41) is 9.82. The van der Waals surface area contributed by atoms with Gasteiger partial charge in [-0.25, -0.2) is 0 Å². The Morgan fingerprint density at radius 3 is 2.95 bits per heavy atom. The van der Waals surface area contributed by atoms with Crippen LogP contribution in [0.2, 0.25) is 0 Å². The third-order valence-corrected chi connectivity index (χ3v) is 3.63. The van der Waals surface area contributed by atoms with E-state index in [0.29, 0.717) is 13.0 Å². The lowest BCUT2D eigenvalue weighted by Crippen LogP contribution is -2.58. The van der Waals surface area contributed by atoms with Gasteiger partial charge in [-0.05, 0) is 19.8 Å². The molecule has 7 nitrogen and oxygen atoms in total. The predicted molar refractivity (Wildman–Crippen MR) is 68.6 cm³/mol. The molecule has 2 aliphatic rings. The minimum Gasteiger partial charge on any atom is -0.466 e. The molecule has 2 fully saturated rings. The average Bonchev–Trinajstić information content (AvgIpc) is 2.85. The van der Waals surface area contributed by atoms with Gasteiger partial charge in [-0.1, -0.05) is 0 Å². The summed E-state index contributed by atoms with van der Waals surface area (Å²) >= 11 is 0. The minimum absolute atomic E-state index is 0.00622. The normalized spacial score (nSPS) is 23.8. The molecule has 2 unspecified atom stereocenters. The number of carbonyl (C=O) groups is 3. The Hall–Kier alpha value is -1.63. The average molecular weight is 284 g/mol. The number of rotatable bonds is 5. The Kier molecular flexibility index (Phi) is 4.59. The summed E-state index contributed by atoms with van der Waals surface area (Å²) in [6, 6.07) is -0.383. The molecule has 0 aliphatic carbocycles. The lowest BCUT2D eigenvalue weighted by Gasteiger charge is -2.37. The third kappa shape index (κ3) is 3.09. The highest BCUT2D eigenvalue weighted by Gasteiger charge is 2.42. The number of nitrogens with zero attached hydrogens (tertiary/aromatic N) is 2. The highest BCUT2D eigenvalue weighted by atomic mass is 16.5. The maximum absolute atomic E-state index is 12.2. The summed E-state index contributed by atoms with van der Waals surface area (Å²) in [5.41, 5.74) is 0. The quantitative estimate of drug-likeness (QED) is 0.663. The first-order valence-corrected chi connectivity index (χ1v) is 6.95. The molecule has 2 saturated heterocycles. The molecule has 2 aliphatic heterocycles. The second kappa shape index (κ2) is 6.21. The number of esters is 1. The van der Waals surface area contributed by atoms with E-state index in [-0.39, 0.29) is 44.0 Å². The molecule has 0 aromatic rings. The molecule has 112 valence electrons. The Morgan fingerprint density at radius 1 is 1.50 bits per heavy atom. The van der Waals surface area contributed by atoms with Gasteiger partial charge in [0.25, 0.3) is 0 Å². The molecule has 0 aromatic heterocycles. The number of ether oxygens (including phenoxy) is 1. The SMILES string of the molecule is CCOC(=O)CC(O)CN1CC(=O)N2CCCC2C1=O. The molecule has 0 radical (unpaired) electrons. The zero-order chi connectivity index (χ0) is 14.7. The van der Waals surface area contributed by atoms with Crippen LogP contribution < -0.4 is 0 Å². The van der Waals surface area contributed by atoms with Crippen molar-refractivity contribution in [1.29, 1.82) is 0 Å². The van der Waals surface area contributed by atoms with Crippen LogP contribution in [0.1, 0.15) is 26.2 Å². The van der Waals surface area contributed by atoms with E-state index in [4.69, 9.17) is 4.74 Å². The van der Waals surface area contributed by atoms with Crippen molar-refractivity contribution in [3.8, 4) is 0 Å². The van der Waals surface area contributed by atoms with Crippen molar-refractivity contribution in [2.24, 2.45) is 0 Å². The summed E-state index contributed by atoms with van der Waals surface area (Å²) in [7, 11) is 0. The zero-order valence-corrected chi connectivity index (χ0v) is 11.6. The predicted octanol–water partition coefficient (Wildman–Crippen LogP) is -0.866. The standard InChI is InChI=1S/C13H20N2O5/c1-2-20-12(18)6-9(16)7-14-8-11(17)15-5-3-4-10(15)13(14)19/h9-10,16H,2-8H2,1H3. The molecular weight excluding hydrogens is 264 g/mol. The van der Waals surface area contributed by atoms with Gasteiger partial charge in [0, 0.05) is 13.1 Å². The monoisotopic (exact) mass is 284 g/mol. The maximum Gasteiger partial charge on any atom is 0.308 e. The van der Waals surface area contributed by atoms with Crippen molar-refractivity contribution in [3.63, 3.8) is 0 Å². The topological polar surface area (TPSA) is 87.2 Å². The molecule has 2 amide bonds. The van der Waals surface area contributed by atoms with Gasteiger partial charge in [0.2, 0.25) is 11.8 Å². The van der Waals surface area contributed by atoms with Gasteiger partial charge in [0.15, 0.2) is 0 Å². The van der Waals surface area contributed by atoms with E-state index in [0.717, 1.165) is 6.42 Å². The number of hydrogen-bond acceptors (Lipinski definition) is 5. The molecule has 0 spiro atoms. The number of hydrogen-bond donors (Lipinski definition) is 1. The smallest absolute Gasteiger partial charge is 0.308 e. The van der Waals surface area contributed by atoms with Crippen LogP contribution in [-0.2, 0) is 19.1 Å². The van der Waals surface area contributed by atoms with Gasteiger partial charge in [0.1, 0.15) is 6.04 Å². The van der Waals surface area contributed by atoms with Gasteiger partial charge in [-0.3, -0.25) is 14.4 Å². The molecule has 7 heteroatoms. The number of aliphatic hydroxyl groups is 1. The number of fused-ring (bicyclic) bond motifs is 1. The number of amides is 2. The lowest BCUT2D eigenvalue weighted by atomic mass is 10.1. The zero-order valence-electron chi connectivity index (χ0n) is 11.6. The molecule has 0 aromatic carbocycles. The summed E-state index contributed by atoms with van der Waals surface area (Å²) in [5.74, 6) is -0.723. The molecule has 2 atom stereocenters. The largest absolute Gasteiger partial charge is 0.466 e.